The quantitative estimate of drug-likeness (QED) is 0.651. The van der Waals surface area contributed by atoms with Crippen molar-refractivity contribution in [1.29, 1.82) is 0 Å². The lowest BCUT2D eigenvalue weighted by Crippen LogP contribution is -2.17. The van der Waals surface area contributed by atoms with Crippen molar-refractivity contribution >= 4 is 37.5 Å². The molecule has 7 heteroatoms. The second-order valence-electron chi connectivity index (χ2n) is 2.63. The van der Waals surface area contributed by atoms with E-state index in [1.165, 1.54) is 12.1 Å². The van der Waals surface area contributed by atoms with Gasteiger partial charge in [-0.15, -0.1) is 13.2 Å². The molecule has 1 aromatic carbocycles. The standard InChI is InChI=1S/C8H6Br2F3NO/c9-3-4-5(14)1-2-6(7(4)10)15-8(11,12)13/h1-2H,3,14H2. The van der Waals surface area contributed by atoms with E-state index in [1.54, 1.807) is 0 Å². The maximum absolute atomic E-state index is 12.0. The third kappa shape index (κ3) is 3.27. The lowest BCUT2D eigenvalue weighted by Gasteiger charge is -2.13. The van der Waals surface area contributed by atoms with Gasteiger partial charge in [-0.3, -0.25) is 0 Å². The Kier molecular flexibility index (Phi) is 3.88. The van der Waals surface area contributed by atoms with E-state index in [2.05, 4.69) is 36.6 Å². The molecule has 0 unspecified atom stereocenters. The van der Waals surface area contributed by atoms with Crippen LogP contribution in [-0.4, -0.2) is 6.36 Å². The summed E-state index contributed by atoms with van der Waals surface area (Å²) in [7, 11) is 0. The van der Waals surface area contributed by atoms with Crippen LogP contribution in [0, 0.1) is 0 Å². The highest BCUT2D eigenvalue weighted by Crippen LogP contribution is 2.36. The molecule has 2 nitrogen and oxygen atoms in total. The zero-order chi connectivity index (χ0) is 11.6. The molecule has 0 heterocycles. The van der Waals surface area contributed by atoms with Crippen molar-refractivity contribution in [3.05, 3.63) is 22.2 Å². The molecule has 1 rings (SSSR count). The number of alkyl halides is 4. The van der Waals surface area contributed by atoms with Gasteiger partial charge in [0, 0.05) is 16.6 Å². The molecule has 1 aromatic rings. The second-order valence-corrected chi connectivity index (χ2v) is 3.98. The maximum Gasteiger partial charge on any atom is 0.573 e. The van der Waals surface area contributed by atoms with Gasteiger partial charge in [0.2, 0.25) is 0 Å². The van der Waals surface area contributed by atoms with Crippen molar-refractivity contribution in [2.24, 2.45) is 0 Å². The van der Waals surface area contributed by atoms with Gasteiger partial charge < -0.3 is 10.5 Å². The summed E-state index contributed by atoms with van der Waals surface area (Å²) in [4.78, 5) is 0. The van der Waals surface area contributed by atoms with E-state index >= 15 is 0 Å². The van der Waals surface area contributed by atoms with Gasteiger partial charge >= 0.3 is 6.36 Å². The molecule has 0 saturated heterocycles. The van der Waals surface area contributed by atoms with E-state index in [-0.39, 0.29) is 10.2 Å². The summed E-state index contributed by atoms with van der Waals surface area (Å²) in [5.41, 5.74) is 6.49. The predicted molar refractivity (Wildman–Crippen MR) is 57.9 cm³/mol. The largest absolute Gasteiger partial charge is 0.573 e. The first kappa shape index (κ1) is 12.6. The van der Waals surface area contributed by atoms with Gasteiger partial charge in [0.25, 0.3) is 0 Å². The fourth-order valence-electron chi connectivity index (χ4n) is 0.954. The Morgan fingerprint density at radius 3 is 2.40 bits per heavy atom. The predicted octanol–water partition coefficient (Wildman–Crippen LogP) is 3.82. The van der Waals surface area contributed by atoms with Crippen LogP contribution in [0.2, 0.25) is 0 Å². The summed E-state index contributed by atoms with van der Waals surface area (Å²) in [6.07, 6.45) is -4.71. The van der Waals surface area contributed by atoms with Crippen LogP contribution in [0.5, 0.6) is 5.75 Å². The zero-order valence-corrected chi connectivity index (χ0v) is 10.4. The highest BCUT2D eigenvalue weighted by Gasteiger charge is 2.32. The van der Waals surface area contributed by atoms with E-state index < -0.39 is 6.36 Å². The number of ether oxygens (including phenoxy) is 1. The van der Waals surface area contributed by atoms with Gasteiger partial charge in [-0.1, -0.05) is 15.9 Å². The van der Waals surface area contributed by atoms with E-state index in [0.29, 0.717) is 16.6 Å². The van der Waals surface area contributed by atoms with E-state index in [1.807, 2.05) is 0 Å². The smallest absolute Gasteiger partial charge is 0.405 e. The monoisotopic (exact) mass is 347 g/mol. The van der Waals surface area contributed by atoms with E-state index in [9.17, 15) is 13.2 Å². The van der Waals surface area contributed by atoms with Gasteiger partial charge in [-0.2, -0.15) is 0 Å². The lowest BCUT2D eigenvalue weighted by molar-refractivity contribution is -0.274. The number of hydrogen-bond acceptors (Lipinski definition) is 2. The third-order valence-electron chi connectivity index (χ3n) is 1.60. The minimum Gasteiger partial charge on any atom is -0.405 e. The van der Waals surface area contributed by atoms with E-state index in [0.717, 1.165) is 0 Å². The molecular weight excluding hydrogens is 343 g/mol. The lowest BCUT2D eigenvalue weighted by atomic mass is 10.2. The Hall–Kier alpha value is -0.430. The van der Waals surface area contributed by atoms with Gasteiger partial charge in [-0.05, 0) is 28.1 Å². The van der Waals surface area contributed by atoms with E-state index in [4.69, 9.17) is 5.73 Å². The fourth-order valence-corrected chi connectivity index (χ4v) is 2.52. The molecule has 0 spiro atoms. The Morgan fingerprint density at radius 1 is 1.33 bits per heavy atom. The number of nitrogens with two attached hydrogens (primary N) is 1. The van der Waals surface area contributed by atoms with Crippen LogP contribution in [0.4, 0.5) is 18.9 Å². The molecule has 0 fully saturated rings. The Balaban J connectivity index is 3.11. The molecule has 2 N–H and O–H groups in total. The van der Waals surface area contributed by atoms with Crippen LogP contribution < -0.4 is 10.5 Å². The highest BCUT2D eigenvalue weighted by atomic mass is 79.9. The van der Waals surface area contributed by atoms with Crippen LogP contribution in [0.1, 0.15) is 5.56 Å². The summed E-state index contributed by atoms with van der Waals surface area (Å²) in [6.45, 7) is 0. The molecule has 0 aliphatic heterocycles. The minimum atomic E-state index is -4.71. The molecule has 0 amide bonds. The van der Waals surface area contributed by atoms with Crippen molar-refractivity contribution in [2.45, 2.75) is 11.7 Å². The SMILES string of the molecule is Nc1ccc(OC(F)(F)F)c(Br)c1CBr. The van der Waals surface area contributed by atoms with Crippen molar-refractivity contribution in [3.63, 3.8) is 0 Å². The van der Waals surface area contributed by atoms with Crippen molar-refractivity contribution in [2.75, 3.05) is 5.73 Å². The summed E-state index contributed by atoms with van der Waals surface area (Å²) in [5.74, 6) is -0.300. The molecule has 0 radical (unpaired) electrons. The number of benzene rings is 1. The highest BCUT2D eigenvalue weighted by molar-refractivity contribution is 9.11. The average molecular weight is 349 g/mol. The maximum atomic E-state index is 12.0. The first-order valence-corrected chi connectivity index (χ1v) is 5.65. The van der Waals surface area contributed by atoms with Crippen LogP contribution in [0.15, 0.2) is 16.6 Å². The van der Waals surface area contributed by atoms with Crippen LogP contribution in [0.25, 0.3) is 0 Å². The van der Waals surface area contributed by atoms with Crippen molar-refractivity contribution < 1.29 is 17.9 Å². The van der Waals surface area contributed by atoms with Gasteiger partial charge in [-0.25, -0.2) is 0 Å². The molecule has 0 atom stereocenters. The van der Waals surface area contributed by atoms with Crippen molar-refractivity contribution in [3.8, 4) is 5.75 Å². The Labute approximate surface area is 101 Å². The molecule has 0 saturated carbocycles. The number of hydrogen-bond donors (Lipinski definition) is 1. The number of anilines is 1. The Morgan fingerprint density at radius 2 is 1.93 bits per heavy atom. The Bertz CT molecular complexity index is 368. The molecule has 84 valence electrons. The van der Waals surface area contributed by atoms with Gasteiger partial charge in [0.15, 0.2) is 0 Å². The first-order chi connectivity index (χ1) is 6.85. The molecule has 0 aliphatic rings. The van der Waals surface area contributed by atoms with Crippen LogP contribution in [-0.2, 0) is 5.33 Å². The normalized spacial score (nSPS) is 11.5. The summed E-state index contributed by atoms with van der Waals surface area (Å²) < 4.78 is 39.9. The summed E-state index contributed by atoms with van der Waals surface area (Å²) in [6, 6.07) is 2.53. The summed E-state index contributed by atoms with van der Waals surface area (Å²) in [5, 5.41) is 0.342. The first-order valence-electron chi connectivity index (χ1n) is 3.73. The molecule has 15 heavy (non-hydrogen) atoms. The summed E-state index contributed by atoms with van der Waals surface area (Å²) >= 11 is 6.14. The molecule has 0 aliphatic carbocycles. The number of nitrogen functional groups attached to an aromatic ring is 1. The fraction of sp³-hybridized carbons (Fsp3) is 0.250. The molecule has 0 bridgehead atoms. The minimum absolute atomic E-state index is 0.205. The number of halogens is 5. The second kappa shape index (κ2) is 4.61. The van der Waals surface area contributed by atoms with Gasteiger partial charge in [0.1, 0.15) is 5.75 Å². The van der Waals surface area contributed by atoms with Gasteiger partial charge in [0.05, 0.1) is 4.47 Å². The van der Waals surface area contributed by atoms with Crippen molar-refractivity contribution in [1.82, 2.24) is 0 Å². The average Bonchev–Trinajstić information content (AvgIpc) is 2.09. The molecular formula is C8H6Br2F3NO. The van der Waals surface area contributed by atoms with Crippen LogP contribution in [0.3, 0.4) is 0 Å². The van der Waals surface area contributed by atoms with Crippen LogP contribution >= 0.6 is 31.9 Å². The molecule has 0 aromatic heterocycles. The topological polar surface area (TPSA) is 35.2 Å². The zero-order valence-electron chi connectivity index (χ0n) is 7.24. The number of rotatable bonds is 2. The third-order valence-corrected chi connectivity index (χ3v) is 3.03.